The highest BCUT2D eigenvalue weighted by Gasteiger charge is 2.26. The van der Waals surface area contributed by atoms with E-state index in [0.717, 1.165) is 30.7 Å². The van der Waals surface area contributed by atoms with Crippen LogP contribution in [0, 0.1) is 0 Å². The van der Waals surface area contributed by atoms with Crippen molar-refractivity contribution in [3.05, 3.63) is 59.7 Å². The lowest BCUT2D eigenvalue weighted by molar-refractivity contribution is 0.238. The molecule has 2 atom stereocenters. The molecular formula is C23H35Cl2N3O3S. The van der Waals surface area contributed by atoms with Crippen LogP contribution in [0.1, 0.15) is 43.9 Å². The first-order chi connectivity index (χ1) is 14.3. The van der Waals surface area contributed by atoms with Crippen molar-refractivity contribution in [2.75, 3.05) is 24.2 Å². The summed E-state index contributed by atoms with van der Waals surface area (Å²) < 4.78 is 31.3. The number of ether oxygens (including phenoxy) is 1. The highest BCUT2D eigenvalue weighted by Crippen LogP contribution is 2.29. The van der Waals surface area contributed by atoms with Crippen LogP contribution in [0.2, 0.25) is 0 Å². The Labute approximate surface area is 205 Å². The summed E-state index contributed by atoms with van der Waals surface area (Å²) in [5.74, 6) is 0.781. The second kappa shape index (κ2) is 12.7. The molecule has 1 aliphatic rings. The van der Waals surface area contributed by atoms with Gasteiger partial charge in [0.1, 0.15) is 5.75 Å². The molecule has 1 fully saturated rings. The normalized spacial score (nSPS) is 18.4. The van der Waals surface area contributed by atoms with Gasteiger partial charge in [0.2, 0.25) is 10.0 Å². The maximum Gasteiger partial charge on any atom is 0.231 e. The molecule has 0 amide bonds. The summed E-state index contributed by atoms with van der Waals surface area (Å²) in [5, 5.41) is 7.33. The monoisotopic (exact) mass is 503 g/mol. The first kappa shape index (κ1) is 28.5. The molecule has 0 aliphatic carbocycles. The van der Waals surface area contributed by atoms with E-state index in [1.165, 1.54) is 16.1 Å². The number of anilines is 1. The molecule has 3 rings (SSSR count). The molecule has 0 saturated carbocycles. The fourth-order valence-electron chi connectivity index (χ4n) is 3.82. The van der Waals surface area contributed by atoms with Crippen molar-refractivity contribution in [2.24, 2.45) is 0 Å². The number of nitrogens with one attached hydrogen (secondary N) is 2. The van der Waals surface area contributed by atoms with Crippen molar-refractivity contribution in [2.45, 2.75) is 51.4 Å². The first-order valence-corrected chi connectivity index (χ1v) is 12.4. The van der Waals surface area contributed by atoms with E-state index in [9.17, 15) is 8.42 Å². The average Bonchev–Trinajstić information content (AvgIpc) is 2.72. The second-order valence-electron chi connectivity index (χ2n) is 8.16. The van der Waals surface area contributed by atoms with E-state index < -0.39 is 10.0 Å². The number of piperidine rings is 1. The lowest BCUT2D eigenvalue weighted by atomic mass is 9.92. The molecule has 1 aliphatic heterocycles. The summed E-state index contributed by atoms with van der Waals surface area (Å²) in [5.41, 5.74) is 2.86. The van der Waals surface area contributed by atoms with Crippen molar-refractivity contribution in [3.63, 3.8) is 0 Å². The third kappa shape index (κ3) is 7.52. The summed E-state index contributed by atoms with van der Waals surface area (Å²) in [6.45, 7) is 5.59. The zero-order valence-corrected chi connectivity index (χ0v) is 21.5. The minimum absolute atomic E-state index is 0. The van der Waals surface area contributed by atoms with Gasteiger partial charge >= 0.3 is 0 Å². The fourth-order valence-corrected chi connectivity index (χ4v) is 4.32. The van der Waals surface area contributed by atoms with Crippen LogP contribution < -0.4 is 19.7 Å². The Morgan fingerprint density at radius 3 is 2.47 bits per heavy atom. The topological polar surface area (TPSA) is 70.7 Å². The smallest absolute Gasteiger partial charge is 0.231 e. The maximum atomic E-state index is 12.0. The minimum Gasteiger partial charge on any atom is -0.491 e. The Morgan fingerprint density at radius 1 is 1.16 bits per heavy atom. The highest BCUT2D eigenvalue weighted by atomic mass is 35.5. The zero-order chi connectivity index (χ0) is 21.7. The Balaban J connectivity index is 0.00000256. The molecule has 0 spiro atoms. The second-order valence-corrected chi connectivity index (χ2v) is 10.2. The predicted molar refractivity (Wildman–Crippen MR) is 137 cm³/mol. The molecular weight excluding hydrogens is 469 g/mol. The van der Waals surface area contributed by atoms with E-state index in [1.54, 1.807) is 13.1 Å². The van der Waals surface area contributed by atoms with E-state index in [-0.39, 0.29) is 43.0 Å². The zero-order valence-electron chi connectivity index (χ0n) is 19.1. The van der Waals surface area contributed by atoms with Crippen LogP contribution in [0.5, 0.6) is 5.75 Å². The minimum atomic E-state index is -3.33. The van der Waals surface area contributed by atoms with Crippen molar-refractivity contribution in [1.29, 1.82) is 0 Å². The third-order valence-corrected chi connectivity index (χ3v) is 6.65. The average molecular weight is 505 g/mol. The number of hydrogen-bond donors (Lipinski definition) is 2. The number of halogens is 2. The summed E-state index contributed by atoms with van der Waals surface area (Å²) in [4.78, 5) is 0. The number of rotatable bonds is 8. The van der Waals surface area contributed by atoms with Crippen molar-refractivity contribution in [1.82, 2.24) is 10.6 Å². The Morgan fingerprint density at radius 2 is 1.84 bits per heavy atom. The molecule has 0 aromatic heterocycles. The Bertz CT molecular complexity index is 943. The van der Waals surface area contributed by atoms with Crippen molar-refractivity contribution < 1.29 is 13.2 Å². The van der Waals surface area contributed by atoms with Gasteiger partial charge in [-0.2, -0.15) is 0 Å². The van der Waals surface area contributed by atoms with Crippen molar-refractivity contribution >= 4 is 40.5 Å². The molecule has 0 unspecified atom stereocenters. The van der Waals surface area contributed by atoms with E-state index in [4.69, 9.17) is 4.74 Å². The molecule has 2 N–H and O–H groups in total. The van der Waals surface area contributed by atoms with Crippen molar-refractivity contribution in [3.8, 4) is 5.75 Å². The number of benzene rings is 2. The third-order valence-electron chi connectivity index (χ3n) is 5.44. The lowest BCUT2D eigenvalue weighted by Crippen LogP contribution is -2.45. The molecule has 180 valence electrons. The fraction of sp³-hybridized carbons (Fsp3) is 0.478. The predicted octanol–water partition coefficient (Wildman–Crippen LogP) is 4.30. The number of nitrogens with zero attached hydrogens (tertiary/aromatic N) is 1. The standard InChI is InChI=1S/C23H33N3O3S.2ClH/c1-17(2)29-22-13-12-20(26(3)30(4,27)28)15-19(22)16-25-21-11-8-14-24-23(21)18-9-6-5-7-10-18;;/h5-7,9-10,12-13,15,17,21,23-25H,8,11,14,16H2,1-4H3;2*1H/t21-,23-;;/m1../s1. The lowest BCUT2D eigenvalue weighted by Gasteiger charge is -2.34. The summed E-state index contributed by atoms with van der Waals surface area (Å²) in [6.07, 6.45) is 3.45. The molecule has 2 aromatic carbocycles. The van der Waals surface area contributed by atoms with Gasteiger partial charge in [-0.1, -0.05) is 30.3 Å². The van der Waals surface area contributed by atoms with Gasteiger partial charge in [-0.15, -0.1) is 24.8 Å². The summed E-state index contributed by atoms with van der Waals surface area (Å²) in [6, 6.07) is 16.6. The molecule has 0 radical (unpaired) electrons. The Kier molecular flexibility index (Phi) is 11.3. The van der Waals surface area contributed by atoms with Gasteiger partial charge in [0, 0.05) is 31.2 Å². The van der Waals surface area contributed by atoms with E-state index >= 15 is 0 Å². The van der Waals surface area contributed by atoms with E-state index in [0.29, 0.717) is 12.2 Å². The van der Waals surface area contributed by atoms with Gasteiger partial charge in [-0.3, -0.25) is 4.31 Å². The van der Waals surface area contributed by atoms with Gasteiger partial charge in [0.05, 0.1) is 18.0 Å². The van der Waals surface area contributed by atoms with Crippen LogP contribution in [0.3, 0.4) is 0 Å². The van der Waals surface area contributed by atoms with Crippen LogP contribution >= 0.6 is 24.8 Å². The molecule has 1 saturated heterocycles. The summed E-state index contributed by atoms with van der Waals surface area (Å²) >= 11 is 0. The van der Waals surface area contributed by atoms with E-state index in [2.05, 4.69) is 34.9 Å². The molecule has 0 bridgehead atoms. The molecule has 6 nitrogen and oxygen atoms in total. The number of sulfonamides is 1. The molecule has 9 heteroatoms. The summed E-state index contributed by atoms with van der Waals surface area (Å²) in [7, 11) is -1.76. The quantitative estimate of drug-likeness (QED) is 0.561. The van der Waals surface area contributed by atoms with Gasteiger partial charge < -0.3 is 15.4 Å². The van der Waals surface area contributed by atoms with Gasteiger partial charge in [0.15, 0.2) is 0 Å². The Hall–Kier alpha value is -1.51. The molecule has 1 heterocycles. The number of hydrogen-bond acceptors (Lipinski definition) is 5. The maximum absolute atomic E-state index is 12.0. The van der Waals surface area contributed by atoms with Crippen LogP contribution in [-0.4, -0.2) is 40.4 Å². The SMILES string of the molecule is CC(C)Oc1ccc(N(C)S(C)(=O)=O)cc1CN[C@@H]1CCCN[C@@H]1c1ccccc1.Cl.Cl. The van der Waals surface area contributed by atoms with Gasteiger partial charge in [-0.05, 0) is 57.0 Å². The molecule has 2 aromatic rings. The van der Waals surface area contributed by atoms with Crippen LogP contribution in [-0.2, 0) is 16.6 Å². The first-order valence-electron chi connectivity index (χ1n) is 10.5. The largest absolute Gasteiger partial charge is 0.491 e. The highest BCUT2D eigenvalue weighted by molar-refractivity contribution is 7.92. The van der Waals surface area contributed by atoms with Gasteiger partial charge in [0.25, 0.3) is 0 Å². The van der Waals surface area contributed by atoms with Gasteiger partial charge in [-0.25, -0.2) is 8.42 Å². The van der Waals surface area contributed by atoms with Crippen LogP contribution in [0.4, 0.5) is 5.69 Å². The van der Waals surface area contributed by atoms with Crippen LogP contribution in [0.25, 0.3) is 0 Å². The van der Waals surface area contributed by atoms with Crippen LogP contribution in [0.15, 0.2) is 48.5 Å². The van der Waals surface area contributed by atoms with E-state index in [1.807, 2.05) is 32.0 Å². The molecule has 32 heavy (non-hydrogen) atoms.